The number of rotatable bonds is 5. The van der Waals surface area contributed by atoms with Crippen molar-refractivity contribution < 1.29 is 14.2 Å². The van der Waals surface area contributed by atoms with Crippen LogP contribution in [0.15, 0.2) is 30.3 Å². The number of nitrogens with zero attached hydrogens (tertiary/aromatic N) is 1. The van der Waals surface area contributed by atoms with Gasteiger partial charge in [0, 0.05) is 43.5 Å². The largest absolute Gasteiger partial charge is 0.490 e. The maximum Gasteiger partial charge on any atom is 0.145 e. The molecule has 4 rings (SSSR count). The summed E-state index contributed by atoms with van der Waals surface area (Å²) in [6.07, 6.45) is 4.18. The number of ether oxygens (including phenoxy) is 3. The van der Waals surface area contributed by atoms with E-state index in [1.54, 1.807) is 0 Å². The van der Waals surface area contributed by atoms with Gasteiger partial charge in [-0.2, -0.15) is 0 Å². The zero-order chi connectivity index (χ0) is 17.8. The number of hydrogen-bond acceptors (Lipinski definition) is 5. The Balaban J connectivity index is 1.29. The average Bonchev–Trinajstić information content (AvgIpc) is 2.66. The Morgan fingerprint density at radius 1 is 1.19 bits per heavy atom. The van der Waals surface area contributed by atoms with Crippen LogP contribution in [0.1, 0.15) is 31.4 Å². The Morgan fingerprint density at radius 2 is 2.08 bits per heavy atom. The highest BCUT2D eigenvalue weighted by molar-refractivity contribution is 5.84. The van der Waals surface area contributed by atoms with Crippen LogP contribution in [0.3, 0.4) is 0 Å². The molecule has 1 aromatic carbocycles. The van der Waals surface area contributed by atoms with Gasteiger partial charge in [-0.05, 0) is 44.7 Å². The fourth-order valence-electron chi connectivity index (χ4n) is 4.05. The van der Waals surface area contributed by atoms with Crippen LogP contribution in [0.2, 0.25) is 0 Å². The highest BCUT2D eigenvalue weighted by Crippen LogP contribution is 2.34. The van der Waals surface area contributed by atoms with Crippen molar-refractivity contribution in [1.29, 1.82) is 0 Å². The number of hydrogen-bond donors (Lipinski definition) is 1. The van der Waals surface area contributed by atoms with Crippen molar-refractivity contribution in [2.45, 2.75) is 44.2 Å². The Labute approximate surface area is 155 Å². The normalized spacial score (nSPS) is 22.6. The fourth-order valence-corrected chi connectivity index (χ4v) is 4.05. The minimum atomic E-state index is 0.0338. The monoisotopic (exact) mass is 356 g/mol. The van der Waals surface area contributed by atoms with Crippen LogP contribution in [0.5, 0.6) is 5.75 Å². The molecular weight excluding hydrogens is 328 g/mol. The van der Waals surface area contributed by atoms with Crippen LogP contribution in [0.4, 0.5) is 0 Å². The minimum Gasteiger partial charge on any atom is -0.490 e. The molecule has 3 heterocycles. The summed E-state index contributed by atoms with van der Waals surface area (Å²) in [5.74, 6) is 0.862. The van der Waals surface area contributed by atoms with Gasteiger partial charge in [0.15, 0.2) is 0 Å². The minimum absolute atomic E-state index is 0.0338. The summed E-state index contributed by atoms with van der Waals surface area (Å²) in [6, 6.07) is 10.7. The Hall–Kier alpha value is -1.69. The van der Waals surface area contributed by atoms with Gasteiger partial charge in [-0.25, -0.2) is 4.98 Å². The number of pyridine rings is 1. The maximum atomic E-state index is 6.11. The molecular formula is C21H28N2O3. The number of fused-ring (bicyclic) bond motifs is 1. The molecule has 0 radical (unpaired) electrons. The van der Waals surface area contributed by atoms with Crippen LogP contribution in [-0.2, 0) is 9.47 Å². The van der Waals surface area contributed by atoms with Gasteiger partial charge in [0.1, 0.15) is 17.9 Å². The van der Waals surface area contributed by atoms with E-state index in [0.29, 0.717) is 12.6 Å². The molecule has 26 heavy (non-hydrogen) atoms. The molecule has 2 aromatic rings. The first-order chi connectivity index (χ1) is 12.7. The quantitative estimate of drug-likeness (QED) is 0.834. The summed E-state index contributed by atoms with van der Waals surface area (Å²) in [7, 11) is 0. The van der Waals surface area contributed by atoms with E-state index in [9.17, 15) is 0 Å². The summed E-state index contributed by atoms with van der Waals surface area (Å²) in [4.78, 5) is 4.63. The van der Waals surface area contributed by atoms with Crippen LogP contribution >= 0.6 is 0 Å². The average molecular weight is 356 g/mol. The predicted molar refractivity (Wildman–Crippen MR) is 102 cm³/mol. The van der Waals surface area contributed by atoms with E-state index >= 15 is 0 Å². The van der Waals surface area contributed by atoms with Gasteiger partial charge in [0.25, 0.3) is 0 Å². The molecule has 5 nitrogen and oxygen atoms in total. The van der Waals surface area contributed by atoms with E-state index in [1.165, 1.54) is 0 Å². The Morgan fingerprint density at radius 3 is 2.96 bits per heavy atom. The van der Waals surface area contributed by atoms with Crippen molar-refractivity contribution in [1.82, 2.24) is 10.3 Å². The van der Waals surface area contributed by atoms with Gasteiger partial charge in [0.05, 0.1) is 5.60 Å². The van der Waals surface area contributed by atoms with E-state index in [2.05, 4.69) is 22.4 Å². The van der Waals surface area contributed by atoms with E-state index in [-0.39, 0.29) is 5.60 Å². The number of aryl methyl sites for hydroxylation is 1. The molecule has 2 fully saturated rings. The zero-order valence-electron chi connectivity index (χ0n) is 15.5. The van der Waals surface area contributed by atoms with E-state index in [1.807, 2.05) is 25.1 Å². The van der Waals surface area contributed by atoms with Crippen LogP contribution < -0.4 is 10.1 Å². The molecule has 0 bridgehead atoms. The molecule has 0 unspecified atom stereocenters. The van der Waals surface area contributed by atoms with E-state index < -0.39 is 0 Å². The third-order valence-electron chi connectivity index (χ3n) is 5.51. The third-order valence-corrected chi connectivity index (χ3v) is 5.51. The van der Waals surface area contributed by atoms with E-state index in [4.69, 9.17) is 14.2 Å². The second-order valence-corrected chi connectivity index (χ2v) is 7.42. The second-order valence-electron chi connectivity index (χ2n) is 7.42. The van der Waals surface area contributed by atoms with Crippen molar-refractivity contribution in [2.24, 2.45) is 0 Å². The molecule has 2 aliphatic heterocycles. The van der Waals surface area contributed by atoms with Crippen LogP contribution in [0.25, 0.3) is 10.9 Å². The first-order valence-corrected chi connectivity index (χ1v) is 9.68. The molecule has 5 heteroatoms. The van der Waals surface area contributed by atoms with Crippen molar-refractivity contribution >= 4 is 10.9 Å². The molecule has 1 aromatic heterocycles. The Kier molecular flexibility index (Phi) is 5.38. The van der Waals surface area contributed by atoms with Crippen molar-refractivity contribution in [3.05, 3.63) is 36.0 Å². The molecule has 2 saturated heterocycles. The van der Waals surface area contributed by atoms with Gasteiger partial charge in [-0.1, -0.05) is 18.2 Å². The maximum absolute atomic E-state index is 6.11. The molecule has 1 atom stereocenters. The predicted octanol–water partition coefficient (Wildman–Crippen LogP) is 3.24. The first kappa shape index (κ1) is 17.7. The third kappa shape index (κ3) is 4.00. The lowest BCUT2D eigenvalue weighted by atomic mass is 9.84. The fraction of sp³-hybridized carbons (Fsp3) is 0.571. The van der Waals surface area contributed by atoms with Crippen LogP contribution in [-0.4, -0.2) is 49.6 Å². The molecule has 1 spiro atoms. The standard InChI is InChI=1S/C21H28N2O3/c1-16-5-6-17-3-2-4-19(20(17)23-16)25-14-10-22-18-7-11-26-21(15-18)8-12-24-13-9-21/h2-6,18,22H,7-15H2,1H3/t18-/m1/s1. The zero-order valence-corrected chi connectivity index (χ0v) is 15.5. The van der Waals surface area contributed by atoms with Gasteiger partial charge in [-0.3, -0.25) is 0 Å². The van der Waals surface area contributed by atoms with Crippen LogP contribution in [0, 0.1) is 6.92 Å². The van der Waals surface area contributed by atoms with Gasteiger partial charge in [0.2, 0.25) is 0 Å². The highest BCUT2D eigenvalue weighted by Gasteiger charge is 2.38. The lowest BCUT2D eigenvalue weighted by molar-refractivity contribution is -0.140. The Bertz CT molecular complexity index is 738. The summed E-state index contributed by atoms with van der Waals surface area (Å²) in [6.45, 7) is 5.97. The van der Waals surface area contributed by atoms with Crippen molar-refractivity contribution in [3.63, 3.8) is 0 Å². The molecule has 0 aliphatic carbocycles. The molecule has 0 amide bonds. The summed E-state index contributed by atoms with van der Waals surface area (Å²) >= 11 is 0. The smallest absolute Gasteiger partial charge is 0.145 e. The lowest BCUT2D eigenvalue weighted by Crippen LogP contribution is -2.50. The molecule has 2 aliphatic rings. The van der Waals surface area contributed by atoms with Crippen molar-refractivity contribution in [3.8, 4) is 5.75 Å². The highest BCUT2D eigenvalue weighted by atomic mass is 16.5. The molecule has 0 saturated carbocycles. The second kappa shape index (κ2) is 7.91. The van der Waals surface area contributed by atoms with Gasteiger partial charge < -0.3 is 19.5 Å². The van der Waals surface area contributed by atoms with Crippen molar-refractivity contribution in [2.75, 3.05) is 33.0 Å². The molecule has 140 valence electrons. The number of para-hydroxylation sites is 1. The summed E-state index contributed by atoms with van der Waals surface area (Å²) in [5.41, 5.74) is 1.99. The SMILES string of the molecule is Cc1ccc2cccc(OCCN[C@@H]3CCOC4(CCOCC4)C3)c2n1. The molecule has 1 N–H and O–H groups in total. The first-order valence-electron chi connectivity index (χ1n) is 9.68. The lowest BCUT2D eigenvalue weighted by Gasteiger charge is -2.43. The number of benzene rings is 1. The number of nitrogens with one attached hydrogen (secondary N) is 1. The van der Waals surface area contributed by atoms with Gasteiger partial charge in [-0.15, -0.1) is 0 Å². The number of aromatic nitrogens is 1. The summed E-state index contributed by atoms with van der Waals surface area (Å²) in [5, 5.41) is 4.77. The van der Waals surface area contributed by atoms with Gasteiger partial charge >= 0.3 is 0 Å². The summed E-state index contributed by atoms with van der Waals surface area (Å²) < 4.78 is 17.6. The van der Waals surface area contributed by atoms with E-state index in [0.717, 1.165) is 74.4 Å². The topological polar surface area (TPSA) is 52.6 Å².